The zero-order chi connectivity index (χ0) is 22.4. The minimum Gasteiger partial charge on any atom is -0.370 e. The SMILES string of the molecule is CN=C(NCCNC(=O)c1ccc(C(F)(F)F)cc1)N1CCOC(c2cnn(C)c2)C1.I. The van der Waals surface area contributed by atoms with Gasteiger partial charge < -0.3 is 20.3 Å². The van der Waals surface area contributed by atoms with Gasteiger partial charge in [0, 0.05) is 51.1 Å². The van der Waals surface area contributed by atoms with E-state index in [2.05, 4.69) is 25.6 Å². The molecular weight excluding hydrogens is 540 g/mol. The normalized spacial score (nSPS) is 17.0. The number of hydrogen-bond acceptors (Lipinski definition) is 4. The number of aromatic nitrogens is 2. The third kappa shape index (κ3) is 6.82. The van der Waals surface area contributed by atoms with Crippen molar-refractivity contribution in [3.63, 3.8) is 0 Å². The number of carbonyl (C=O) groups excluding carboxylic acids is 1. The van der Waals surface area contributed by atoms with E-state index in [0.29, 0.717) is 32.2 Å². The monoisotopic (exact) mass is 566 g/mol. The van der Waals surface area contributed by atoms with Crippen LogP contribution in [-0.2, 0) is 18.0 Å². The van der Waals surface area contributed by atoms with Crippen LogP contribution in [0.15, 0.2) is 41.7 Å². The molecule has 1 amide bonds. The van der Waals surface area contributed by atoms with Gasteiger partial charge in [0.1, 0.15) is 6.10 Å². The number of morpholine rings is 1. The number of carbonyl (C=O) groups is 1. The molecule has 1 atom stereocenters. The van der Waals surface area contributed by atoms with Crippen molar-refractivity contribution in [2.45, 2.75) is 12.3 Å². The number of nitrogens with zero attached hydrogens (tertiary/aromatic N) is 4. The summed E-state index contributed by atoms with van der Waals surface area (Å²) in [4.78, 5) is 18.5. The van der Waals surface area contributed by atoms with Crippen molar-refractivity contribution in [3.05, 3.63) is 53.3 Å². The van der Waals surface area contributed by atoms with E-state index < -0.39 is 17.6 Å². The van der Waals surface area contributed by atoms with Crippen molar-refractivity contribution in [3.8, 4) is 0 Å². The number of alkyl halides is 3. The van der Waals surface area contributed by atoms with Crippen LogP contribution in [0, 0.1) is 0 Å². The number of aliphatic imine (C=N–C) groups is 1. The number of halogens is 4. The predicted octanol–water partition coefficient (Wildman–Crippen LogP) is 2.44. The highest BCUT2D eigenvalue weighted by Crippen LogP contribution is 2.29. The molecule has 0 aliphatic carbocycles. The molecule has 0 bridgehead atoms. The number of benzene rings is 1. The van der Waals surface area contributed by atoms with Gasteiger partial charge in [-0.3, -0.25) is 14.5 Å². The van der Waals surface area contributed by atoms with Gasteiger partial charge in [0.2, 0.25) is 0 Å². The molecule has 32 heavy (non-hydrogen) atoms. The first kappa shape index (κ1) is 25.9. The molecule has 176 valence electrons. The van der Waals surface area contributed by atoms with Crippen LogP contribution in [0.3, 0.4) is 0 Å². The Labute approximate surface area is 201 Å². The van der Waals surface area contributed by atoms with Crippen LogP contribution < -0.4 is 10.6 Å². The molecule has 1 saturated heterocycles. The van der Waals surface area contributed by atoms with Crippen molar-refractivity contribution < 1.29 is 22.7 Å². The van der Waals surface area contributed by atoms with Crippen LogP contribution in [0.5, 0.6) is 0 Å². The van der Waals surface area contributed by atoms with Crippen LogP contribution in [0.1, 0.15) is 27.6 Å². The minimum absolute atomic E-state index is 0. The van der Waals surface area contributed by atoms with E-state index >= 15 is 0 Å². The summed E-state index contributed by atoms with van der Waals surface area (Å²) in [5, 5.41) is 10.1. The van der Waals surface area contributed by atoms with Gasteiger partial charge in [0.25, 0.3) is 5.91 Å². The van der Waals surface area contributed by atoms with Crippen LogP contribution in [0.2, 0.25) is 0 Å². The first-order chi connectivity index (χ1) is 14.8. The van der Waals surface area contributed by atoms with Crippen molar-refractivity contribution in [1.82, 2.24) is 25.3 Å². The lowest BCUT2D eigenvalue weighted by Gasteiger charge is -2.34. The Morgan fingerprint density at radius 1 is 1.25 bits per heavy atom. The molecule has 1 aliphatic rings. The maximum atomic E-state index is 12.6. The second-order valence-electron chi connectivity index (χ2n) is 7.06. The number of rotatable bonds is 5. The van der Waals surface area contributed by atoms with Gasteiger partial charge in [-0.1, -0.05) is 0 Å². The van der Waals surface area contributed by atoms with Crippen molar-refractivity contribution in [1.29, 1.82) is 0 Å². The van der Waals surface area contributed by atoms with Crippen molar-refractivity contribution in [2.24, 2.45) is 12.0 Å². The molecule has 1 fully saturated rings. The standard InChI is InChI=1S/C20H25F3N6O2.HI/c1-24-19(29-9-10-31-17(13-29)15-11-27-28(2)12-15)26-8-7-25-18(30)14-3-5-16(6-4-14)20(21,22)23;/h3-6,11-12,17H,7-10,13H2,1-2H3,(H,24,26)(H,25,30);1H. The zero-order valence-electron chi connectivity index (χ0n) is 17.7. The van der Waals surface area contributed by atoms with Gasteiger partial charge >= 0.3 is 6.18 Å². The molecule has 8 nitrogen and oxygen atoms in total. The van der Waals surface area contributed by atoms with Crippen LogP contribution in [0.4, 0.5) is 13.2 Å². The van der Waals surface area contributed by atoms with Gasteiger partial charge in [-0.15, -0.1) is 24.0 Å². The van der Waals surface area contributed by atoms with Gasteiger partial charge in [-0.25, -0.2) is 0 Å². The Morgan fingerprint density at radius 2 is 1.94 bits per heavy atom. The molecule has 1 aromatic carbocycles. The summed E-state index contributed by atoms with van der Waals surface area (Å²) >= 11 is 0. The van der Waals surface area contributed by atoms with E-state index in [1.165, 1.54) is 0 Å². The highest BCUT2D eigenvalue weighted by molar-refractivity contribution is 14.0. The fourth-order valence-electron chi connectivity index (χ4n) is 3.24. The Morgan fingerprint density at radius 3 is 2.53 bits per heavy atom. The molecular formula is C20H26F3IN6O2. The average molecular weight is 566 g/mol. The molecule has 0 radical (unpaired) electrons. The second kappa shape index (κ2) is 11.5. The second-order valence-corrected chi connectivity index (χ2v) is 7.06. The molecule has 12 heteroatoms. The molecule has 2 aromatic rings. The summed E-state index contributed by atoms with van der Waals surface area (Å²) in [6.07, 6.45) is -0.840. The van der Waals surface area contributed by atoms with Gasteiger partial charge in [-0.2, -0.15) is 18.3 Å². The van der Waals surface area contributed by atoms with Crippen LogP contribution in [0.25, 0.3) is 0 Å². The number of amides is 1. The highest BCUT2D eigenvalue weighted by atomic mass is 127. The number of guanidine groups is 1. The van der Waals surface area contributed by atoms with E-state index in [-0.39, 0.29) is 42.2 Å². The number of nitrogens with one attached hydrogen (secondary N) is 2. The summed E-state index contributed by atoms with van der Waals surface area (Å²) in [5.74, 6) is 0.245. The van der Waals surface area contributed by atoms with Gasteiger partial charge in [-0.05, 0) is 24.3 Å². The third-order valence-electron chi connectivity index (χ3n) is 4.84. The summed E-state index contributed by atoms with van der Waals surface area (Å²) in [7, 11) is 3.53. The van der Waals surface area contributed by atoms with Gasteiger partial charge in [0.15, 0.2) is 5.96 Å². The van der Waals surface area contributed by atoms with E-state index in [4.69, 9.17) is 4.74 Å². The summed E-state index contributed by atoms with van der Waals surface area (Å²) in [5.41, 5.74) is 0.376. The molecule has 1 aromatic heterocycles. The van der Waals surface area contributed by atoms with E-state index in [0.717, 1.165) is 29.8 Å². The van der Waals surface area contributed by atoms with Crippen LogP contribution in [-0.4, -0.2) is 66.4 Å². The Kier molecular flexibility index (Phi) is 9.31. The number of ether oxygens (including phenoxy) is 1. The third-order valence-corrected chi connectivity index (χ3v) is 4.84. The maximum Gasteiger partial charge on any atom is 0.416 e. The first-order valence-corrected chi connectivity index (χ1v) is 9.79. The fourth-order valence-corrected chi connectivity index (χ4v) is 3.24. The lowest BCUT2D eigenvalue weighted by Crippen LogP contribution is -2.49. The predicted molar refractivity (Wildman–Crippen MR) is 124 cm³/mol. The fraction of sp³-hybridized carbons (Fsp3) is 0.450. The highest BCUT2D eigenvalue weighted by Gasteiger charge is 2.30. The zero-order valence-corrected chi connectivity index (χ0v) is 20.1. The molecule has 3 rings (SSSR count). The Bertz CT molecular complexity index is 917. The maximum absolute atomic E-state index is 12.6. The minimum atomic E-state index is -4.43. The Balaban J connectivity index is 0.00000363. The van der Waals surface area contributed by atoms with E-state index in [9.17, 15) is 18.0 Å². The van der Waals surface area contributed by atoms with E-state index in [1.807, 2.05) is 13.2 Å². The molecule has 1 aliphatic heterocycles. The molecule has 2 N–H and O–H groups in total. The van der Waals surface area contributed by atoms with Crippen LogP contribution >= 0.6 is 24.0 Å². The summed E-state index contributed by atoms with van der Waals surface area (Å²) in [6.45, 7) is 2.53. The largest absolute Gasteiger partial charge is 0.416 e. The topological polar surface area (TPSA) is 83.8 Å². The van der Waals surface area contributed by atoms with Gasteiger partial charge in [0.05, 0.1) is 24.9 Å². The molecule has 2 heterocycles. The van der Waals surface area contributed by atoms with E-state index in [1.54, 1.807) is 17.9 Å². The first-order valence-electron chi connectivity index (χ1n) is 9.79. The average Bonchev–Trinajstić information content (AvgIpc) is 3.19. The Hall–Kier alpha value is -2.35. The lowest BCUT2D eigenvalue weighted by molar-refractivity contribution is -0.137. The summed E-state index contributed by atoms with van der Waals surface area (Å²) in [6, 6.07) is 4.12. The van der Waals surface area contributed by atoms with Crippen molar-refractivity contribution >= 4 is 35.8 Å². The molecule has 1 unspecified atom stereocenters. The molecule has 0 spiro atoms. The smallest absolute Gasteiger partial charge is 0.370 e. The summed E-state index contributed by atoms with van der Waals surface area (Å²) < 4.78 is 45.4. The quantitative estimate of drug-likeness (QED) is 0.252. The molecule has 0 saturated carbocycles. The number of hydrogen-bond donors (Lipinski definition) is 2. The lowest BCUT2D eigenvalue weighted by atomic mass is 10.1. The number of aryl methyl sites for hydroxylation is 1. The van der Waals surface area contributed by atoms with Crippen molar-refractivity contribution in [2.75, 3.05) is 39.8 Å².